The van der Waals surface area contributed by atoms with Gasteiger partial charge in [-0.1, -0.05) is 6.42 Å². The van der Waals surface area contributed by atoms with Crippen LogP contribution >= 0.6 is 0 Å². The van der Waals surface area contributed by atoms with Gasteiger partial charge in [-0.25, -0.2) is 4.79 Å². The molecule has 0 aromatic heterocycles. The molecule has 0 N–H and O–H groups in total. The molecule has 2 aliphatic heterocycles. The van der Waals surface area contributed by atoms with Crippen molar-refractivity contribution < 1.29 is 14.3 Å². The Morgan fingerprint density at radius 2 is 1.91 bits per heavy atom. The summed E-state index contributed by atoms with van der Waals surface area (Å²) < 4.78 is 10.7. The molecule has 1 unspecified atom stereocenters. The average molecular weight is 303 g/mol. The predicted octanol–water partition coefficient (Wildman–Crippen LogP) is 3.12. The van der Waals surface area contributed by atoms with E-state index < -0.39 is 0 Å². The van der Waals surface area contributed by atoms with Crippen LogP contribution in [0.1, 0.15) is 42.5 Å². The lowest BCUT2D eigenvalue weighted by Gasteiger charge is -2.44. The molecule has 0 aliphatic carbocycles. The fourth-order valence-corrected chi connectivity index (χ4v) is 3.76. The fourth-order valence-electron chi connectivity index (χ4n) is 3.76. The van der Waals surface area contributed by atoms with Crippen LogP contribution in [-0.4, -0.2) is 43.7 Å². The van der Waals surface area contributed by atoms with E-state index in [9.17, 15) is 4.79 Å². The molecule has 0 amide bonds. The lowest BCUT2D eigenvalue weighted by Crippen LogP contribution is -2.49. The number of fused-ring (bicyclic) bond motifs is 1. The zero-order valence-electron chi connectivity index (χ0n) is 13.3. The molecule has 1 aromatic carbocycles. The third-order valence-electron chi connectivity index (χ3n) is 4.98. The highest BCUT2D eigenvalue weighted by atomic mass is 16.5. The van der Waals surface area contributed by atoms with Gasteiger partial charge in [-0.2, -0.15) is 0 Å². The zero-order valence-corrected chi connectivity index (χ0v) is 13.3. The molecule has 3 rings (SSSR count). The van der Waals surface area contributed by atoms with Crippen LogP contribution in [0.25, 0.3) is 0 Å². The van der Waals surface area contributed by atoms with Gasteiger partial charge in [0.05, 0.1) is 19.3 Å². The maximum absolute atomic E-state index is 12.2. The second-order valence-electron chi connectivity index (χ2n) is 6.33. The highest BCUT2D eigenvalue weighted by molar-refractivity contribution is 5.89. The molecule has 2 fully saturated rings. The molecule has 2 heterocycles. The lowest BCUT2D eigenvalue weighted by molar-refractivity contribution is 0.00739. The number of rotatable bonds is 4. The minimum Gasteiger partial charge on any atom is -0.497 e. The van der Waals surface area contributed by atoms with E-state index in [1.807, 2.05) is 0 Å². The summed E-state index contributed by atoms with van der Waals surface area (Å²) in [5.41, 5.74) is 0.595. The summed E-state index contributed by atoms with van der Waals surface area (Å²) in [4.78, 5) is 14.8. The van der Waals surface area contributed by atoms with E-state index >= 15 is 0 Å². The van der Waals surface area contributed by atoms with Crippen molar-refractivity contribution in [3.63, 3.8) is 0 Å². The Balaban J connectivity index is 1.55. The van der Waals surface area contributed by atoms with E-state index in [2.05, 4.69) is 4.90 Å². The van der Waals surface area contributed by atoms with Crippen LogP contribution in [0.4, 0.5) is 0 Å². The third-order valence-corrected chi connectivity index (χ3v) is 4.98. The number of nitrogens with zero attached hydrogens (tertiary/aromatic N) is 1. The summed E-state index contributed by atoms with van der Waals surface area (Å²) in [7, 11) is 1.62. The summed E-state index contributed by atoms with van der Waals surface area (Å²) in [6.07, 6.45) is 6.28. The van der Waals surface area contributed by atoms with Crippen LogP contribution in [0, 0.1) is 5.92 Å². The molecule has 120 valence electrons. The van der Waals surface area contributed by atoms with Gasteiger partial charge in [0, 0.05) is 12.0 Å². The molecule has 0 saturated carbocycles. The van der Waals surface area contributed by atoms with Gasteiger partial charge in [-0.05, 0) is 63.0 Å². The summed E-state index contributed by atoms with van der Waals surface area (Å²) >= 11 is 0. The van der Waals surface area contributed by atoms with Crippen LogP contribution in [0.5, 0.6) is 5.75 Å². The van der Waals surface area contributed by atoms with Crippen LogP contribution in [0.15, 0.2) is 24.3 Å². The molecule has 1 aromatic rings. The summed E-state index contributed by atoms with van der Waals surface area (Å²) in [5.74, 6) is 1.02. The molecular weight excluding hydrogens is 278 g/mol. The van der Waals surface area contributed by atoms with Gasteiger partial charge >= 0.3 is 5.97 Å². The summed E-state index contributed by atoms with van der Waals surface area (Å²) in [5, 5.41) is 0. The van der Waals surface area contributed by atoms with Gasteiger partial charge in [0.1, 0.15) is 5.75 Å². The van der Waals surface area contributed by atoms with Crippen LogP contribution in [0.3, 0.4) is 0 Å². The molecule has 2 aliphatic rings. The molecular formula is C18H25NO3. The Morgan fingerprint density at radius 3 is 2.68 bits per heavy atom. The second-order valence-corrected chi connectivity index (χ2v) is 6.33. The quantitative estimate of drug-likeness (QED) is 0.801. The predicted molar refractivity (Wildman–Crippen MR) is 85.2 cm³/mol. The monoisotopic (exact) mass is 303 g/mol. The topological polar surface area (TPSA) is 38.8 Å². The van der Waals surface area contributed by atoms with Crippen molar-refractivity contribution in [2.75, 3.05) is 26.8 Å². The summed E-state index contributed by atoms with van der Waals surface area (Å²) in [6, 6.07) is 7.72. The molecule has 0 radical (unpaired) electrons. The van der Waals surface area contributed by atoms with E-state index in [4.69, 9.17) is 9.47 Å². The first-order valence-corrected chi connectivity index (χ1v) is 8.33. The van der Waals surface area contributed by atoms with E-state index in [0.717, 1.165) is 5.75 Å². The highest BCUT2D eigenvalue weighted by Crippen LogP contribution is 2.31. The van der Waals surface area contributed by atoms with Crippen molar-refractivity contribution in [1.82, 2.24) is 4.90 Å². The Bertz CT molecular complexity index is 498. The standard InChI is InChI=1S/C18H25NO3/c1-21-16-9-7-14(8-10-16)18(20)22-13-15-5-4-12-19-11-3-2-6-17(15)19/h7-10,15,17H,2-6,11-13H2,1H3/t15-,17?/m1/s1. The molecule has 4 heteroatoms. The largest absolute Gasteiger partial charge is 0.497 e. The Kier molecular flexibility index (Phi) is 4.98. The Hall–Kier alpha value is -1.55. The molecule has 22 heavy (non-hydrogen) atoms. The first kappa shape index (κ1) is 15.3. The van der Waals surface area contributed by atoms with Crippen molar-refractivity contribution in [2.45, 2.75) is 38.1 Å². The van der Waals surface area contributed by atoms with Crippen molar-refractivity contribution >= 4 is 5.97 Å². The first-order valence-electron chi connectivity index (χ1n) is 8.33. The van der Waals surface area contributed by atoms with E-state index in [1.165, 1.54) is 45.2 Å². The van der Waals surface area contributed by atoms with Crippen molar-refractivity contribution in [2.24, 2.45) is 5.92 Å². The minimum absolute atomic E-state index is 0.226. The smallest absolute Gasteiger partial charge is 0.338 e. The molecule has 0 spiro atoms. The minimum atomic E-state index is -0.226. The zero-order chi connectivity index (χ0) is 15.4. The Morgan fingerprint density at radius 1 is 1.14 bits per heavy atom. The molecule has 0 bridgehead atoms. The van der Waals surface area contributed by atoms with Gasteiger partial charge in [0.15, 0.2) is 0 Å². The van der Waals surface area contributed by atoms with Crippen LogP contribution < -0.4 is 4.74 Å². The molecule has 4 nitrogen and oxygen atoms in total. The van der Waals surface area contributed by atoms with Crippen molar-refractivity contribution in [1.29, 1.82) is 0 Å². The van der Waals surface area contributed by atoms with Crippen LogP contribution in [-0.2, 0) is 4.74 Å². The number of esters is 1. The number of methoxy groups -OCH3 is 1. The number of piperidine rings is 2. The number of carbonyl (C=O) groups excluding carboxylic acids is 1. The van der Waals surface area contributed by atoms with E-state index in [-0.39, 0.29) is 5.97 Å². The maximum Gasteiger partial charge on any atom is 0.338 e. The Labute approximate surface area is 132 Å². The number of ether oxygens (including phenoxy) is 2. The van der Waals surface area contributed by atoms with E-state index in [1.54, 1.807) is 31.4 Å². The maximum atomic E-state index is 12.2. The van der Waals surface area contributed by atoms with Crippen molar-refractivity contribution in [3.05, 3.63) is 29.8 Å². The number of carbonyl (C=O) groups is 1. The number of benzene rings is 1. The number of hydrogen-bond donors (Lipinski definition) is 0. The van der Waals surface area contributed by atoms with Gasteiger partial charge in [0.2, 0.25) is 0 Å². The lowest BCUT2D eigenvalue weighted by atomic mass is 9.84. The van der Waals surface area contributed by atoms with Crippen molar-refractivity contribution in [3.8, 4) is 5.75 Å². The summed E-state index contributed by atoms with van der Waals surface area (Å²) in [6.45, 7) is 2.98. The number of hydrogen-bond acceptors (Lipinski definition) is 4. The normalized spacial score (nSPS) is 25.3. The SMILES string of the molecule is COc1ccc(C(=O)OC[C@H]2CCCN3CCCCC23)cc1. The fraction of sp³-hybridized carbons (Fsp3) is 0.611. The van der Waals surface area contributed by atoms with Gasteiger partial charge in [-0.15, -0.1) is 0 Å². The third kappa shape index (κ3) is 3.43. The molecule has 2 atom stereocenters. The first-order chi connectivity index (χ1) is 10.8. The highest BCUT2D eigenvalue weighted by Gasteiger charge is 2.33. The average Bonchev–Trinajstić information content (AvgIpc) is 2.59. The van der Waals surface area contributed by atoms with E-state index in [0.29, 0.717) is 24.1 Å². The second kappa shape index (κ2) is 7.14. The molecule has 2 saturated heterocycles. The van der Waals surface area contributed by atoms with Crippen LogP contribution in [0.2, 0.25) is 0 Å². The van der Waals surface area contributed by atoms with Gasteiger partial charge in [-0.3, -0.25) is 4.90 Å². The van der Waals surface area contributed by atoms with Gasteiger partial charge < -0.3 is 9.47 Å². The van der Waals surface area contributed by atoms with Gasteiger partial charge in [0.25, 0.3) is 0 Å².